The summed E-state index contributed by atoms with van der Waals surface area (Å²) in [6.45, 7) is 2.14. The number of rotatable bonds is 9. The average molecular weight is 343 g/mol. The molecule has 0 bridgehead atoms. The van der Waals surface area contributed by atoms with E-state index >= 15 is 0 Å². The Morgan fingerprint density at radius 2 is 1.85 bits per heavy atom. The van der Waals surface area contributed by atoms with Crippen LogP contribution in [-0.2, 0) is 4.79 Å². The highest BCUT2D eigenvalue weighted by Gasteiger charge is 2.13. The van der Waals surface area contributed by atoms with Crippen LogP contribution in [0.25, 0.3) is 0 Å². The van der Waals surface area contributed by atoms with Gasteiger partial charge in [-0.25, -0.2) is 4.39 Å². The Balaban J connectivity index is 2.37. The standard InChI is InChI=1S/C16H20BrFO2/c1-2-3-4-5-6-7-13(19)11-16(20)12-8-9-15(18)14(17)10-12/h8-10H,2-7,11H2,1H3. The van der Waals surface area contributed by atoms with Gasteiger partial charge in [0.1, 0.15) is 11.6 Å². The van der Waals surface area contributed by atoms with Crippen LogP contribution in [0.15, 0.2) is 22.7 Å². The highest BCUT2D eigenvalue weighted by Crippen LogP contribution is 2.18. The molecule has 1 aromatic rings. The van der Waals surface area contributed by atoms with Crippen molar-refractivity contribution in [2.24, 2.45) is 0 Å². The second kappa shape index (κ2) is 9.01. The number of halogens is 2. The summed E-state index contributed by atoms with van der Waals surface area (Å²) in [5.74, 6) is -0.694. The van der Waals surface area contributed by atoms with Crippen LogP contribution >= 0.6 is 15.9 Å². The molecule has 4 heteroatoms. The third-order valence-electron chi connectivity index (χ3n) is 3.16. The number of carbonyl (C=O) groups is 2. The van der Waals surface area contributed by atoms with Crippen molar-refractivity contribution in [3.8, 4) is 0 Å². The second-order valence-electron chi connectivity index (χ2n) is 4.93. The third-order valence-corrected chi connectivity index (χ3v) is 3.77. The third kappa shape index (κ3) is 5.95. The summed E-state index contributed by atoms with van der Waals surface area (Å²) in [5, 5.41) is 0. The van der Waals surface area contributed by atoms with Crippen LogP contribution in [-0.4, -0.2) is 11.6 Å². The Labute approximate surface area is 127 Å². The van der Waals surface area contributed by atoms with Crippen molar-refractivity contribution >= 4 is 27.5 Å². The molecule has 0 radical (unpaired) electrons. The lowest BCUT2D eigenvalue weighted by Crippen LogP contribution is -2.08. The van der Waals surface area contributed by atoms with E-state index in [1.54, 1.807) is 0 Å². The molecule has 0 fully saturated rings. The van der Waals surface area contributed by atoms with Gasteiger partial charge in [-0.1, -0.05) is 32.6 Å². The topological polar surface area (TPSA) is 34.1 Å². The van der Waals surface area contributed by atoms with Gasteiger partial charge >= 0.3 is 0 Å². The van der Waals surface area contributed by atoms with Gasteiger partial charge < -0.3 is 0 Å². The minimum absolute atomic E-state index is 0.0352. The lowest BCUT2D eigenvalue weighted by Gasteiger charge is -2.03. The summed E-state index contributed by atoms with van der Waals surface area (Å²) in [6, 6.07) is 4.07. The highest BCUT2D eigenvalue weighted by atomic mass is 79.9. The van der Waals surface area contributed by atoms with Crippen LogP contribution in [0.1, 0.15) is 62.2 Å². The number of unbranched alkanes of at least 4 members (excludes halogenated alkanes) is 4. The van der Waals surface area contributed by atoms with E-state index in [4.69, 9.17) is 0 Å². The van der Waals surface area contributed by atoms with Crippen molar-refractivity contribution in [2.45, 2.75) is 51.9 Å². The number of carbonyl (C=O) groups excluding carboxylic acids is 2. The van der Waals surface area contributed by atoms with E-state index in [2.05, 4.69) is 22.9 Å². The summed E-state index contributed by atoms with van der Waals surface area (Å²) >= 11 is 3.03. The predicted molar refractivity (Wildman–Crippen MR) is 81.4 cm³/mol. The van der Waals surface area contributed by atoms with Crippen molar-refractivity contribution < 1.29 is 14.0 Å². The molecule has 0 spiro atoms. The van der Waals surface area contributed by atoms with E-state index in [0.717, 1.165) is 19.3 Å². The maximum absolute atomic E-state index is 13.1. The first-order valence-corrected chi connectivity index (χ1v) is 7.84. The van der Waals surface area contributed by atoms with Crippen LogP contribution in [0.3, 0.4) is 0 Å². The summed E-state index contributed by atoms with van der Waals surface area (Å²) < 4.78 is 13.3. The SMILES string of the molecule is CCCCCCCC(=O)CC(=O)c1ccc(F)c(Br)c1. The number of hydrogen-bond acceptors (Lipinski definition) is 2. The molecule has 1 aromatic carbocycles. The minimum Gasteiger partial charge on any atom is -0.299 e. The molecule has 0 aliphatic heterocycles. The van der Waals surface area contributed by atoms with Gasteiger partial charge in [-0.05, 0) is 40.5 Å². The van der Waals surface area contributed by atoms with Gasteiger partial charge in [-0.2, -0.15) is 0 Å². The van der Waals surface area contributed by atoms with Crippen molar-refractivity contribution in [3.05, 3.63) is 34.1 Å². The largest absolute Gasteiger partial charge is 0.299 e. The number of ketones is 2. The fourth-order valence-corrected chi connectivity index (χ4v) is 2.34. The lowest BCUT2D eigenvalue weighted by atomic mass is 10.0. The highest BCUT2D eigenvalue weighted by molar-refractivity contribution is 9.10. The molecule has 0 atom stereocenters. The molecule has 0 N–H and O–H groups in total. The molecule has 0 heterocycles. The van der Waals surface area contributed by atoms with Crippen molar-refractivity contribution in [1.29, 1.82) is 0 Å². The maximum atomic E-state index is 13.1. The Kier molecular flexibility index (Phi) is 7.67. The van der Waals surface area contributed by atoms with Crippen LogP contribution < -0.4 is 0 Å². The normalized spacial score (nSPS) is 10.6. The first kappa shape index (κ1) is 17.0. The fraction of sp³-hybridized carbons (Fsp3) is 0.500. The zero-order valence-electron chi connectivity index (χ0n) is 11.8. The van der Waals surface area contributed by atoms with E-state index in [1.807, 2.05) is 0 Å². The number of Topliss-reactive ketones (excluding diaryl/α,β-unsaturated/α-hetero) is 2. The molecule has 2 nitrogen and oxygen atoms in total. The zero-order valence-corrected chi connectivity index (χ0v) is 13.3. The molecule has 0 saturated carbocycles. The summed E-state index contributed by atoms with van der Waals surface area (Å²) in [6.07, 6.45) is 5.75. The van der Waals surface area contributed by atoms with E-state index in [-0.39, 0.29) is 22.5 Å². The molecule has 0 aliphatic carbocycles. The first-order chi connectivity index (χ1) is 9.54. The van der Waals surface area contributed by atoms with Crippen LogP contribution in [0, 0.1) is 5.82 Å². The van der Waals surface area contributed by atoms with E-state index in [0.29, 0.717) is 12.0 Å². The Morgan fingerprint density at radius 3 is 2.50 bits per heavy atom. The molecule has 1 rings (SSSR count). The lowest BCUT2D eigenvalue weighted by molar-refractivity contribution is -0.118. The van der Waals surface area contributed by atoms with E-state index < -0.39 is 5.82 Å². The molecule has 110 valence electrons. The van der Waals surface area contributed by atoms with Crippen molar-refractivity contribution in [1.82, 2.24) is 0 Å². The molecule has 0 aromatic heterocycles. The Hall–Kier alpha value is -1.03. The minimum atomic E-state index is -0.413. The summed E-state index contributed by atoms with van der Waals surface area (Å²) in [4.78, 5) is 23.6. The molecule has 0 amide bonds. The molecular formula is C16H20BrFO2. The van der Waals surface area contributed by atoms with Crippen LogP contribution in [0.4, 0.5) is 4.39 Å². The smallest absolute Gasteiger partial charge is 0.170 e. The van der Waals surface area contributed by atoms with Gasteiger partial charge in [0.15, 0.2) is 5.78 Å². The van der Waals surface area contributed by atoms with Gasteiger partial charge in [0, 0.05) is 12.0 Å². The Bertz CT molecular complexity index is 472. The molecule has 0 saturated heterocycles. The van der Waals surface area contributed by atoms with Gasteiger partial charge in [0.25, 0.3) is 0 Å². The molecular weight excluding hydrogens is 323 g/mol. The zero-order chi connectivity index (χ0) is 15.0. The molecule has 0 unspecified atom stereocenters. The van der Waals surface area contributed by atoms with Gasteiger partial charge in [-0.3, -0.25) is 9.59 Å². The number of benzene rings is 1. The van der Waals surface area contributed by atoms with E-state index in [9.17, 15) is 14.0 Å². The van der Waals surface area contributed by atoms with Crippen molar-refractivity contribution in [3.63, 3.8) is 0 Å². The maximum Gasteiger partial charge on any atom is 0.170 e. The fourth-order valence-electron chi connectivity index (χ4n) is 1.96. The van der Waals surface area contributed by atoms with Gasteiger partial charge in [-0.15, -0.1) is 0 Å². The van der Waals surface area contributed by atoms with Crippen LogP contribution in [0.5, 0.6) is 0 Å². The van der Waals surface area contributed by atoms with Crippen LogP contribution in [0.2, 0.25) is 0 Å². The Morgan fingerprint density at radius 1 is 1.15 bits per heavy atom. The van der Waals surface area contributed by atoms with Gasteiger partial charge in [0.2, 0.25) is 0 Å². The quantitative estimate of drug-likeness (QED) is 0.355. The van der Waals surface area contributed by atoms with Gasteiger partial charge in [0.05, 0.1) is 10.9 Å². The molecule has 20 heavy (non-hydrogen) atoms. The second-order valence-corrected chi connectivity index (χ2v) is 5.79. The average Bonchev–Trinajstić information content (AvgIpc) is 2.41. The van der Waals surface area contributed by atoms with E-state index in [1.165, 1.54) is 31.0 Å². The first-order valence-electron chi connectivity index (χ1n) is 7.04. The molecule has 0 aliphatic rings. The van der Waals surface area contributed by atoms with Crippen molar-refractivity contribution in [2.75, 3.05) is 0 Å². The number of hydrogen-bond donors (Lipinski definition) is 0. The summed E-state index contributed by atoms with van der Waals surface area (Å²) in [5.41, 5.74) is 0.373. The predicted octanol–water partition coefficient (Wildman–Crippen LogP) is 5.09. The summed E-state index contributed by atoms with van der Waals surface area (Å²) in [7, 11) is 0. The monoisotopic (exact) mass is 342 g/mol.